The van der Waals surface area contributed by atoms with Gasteiger partial charge in [0.2, 0.25) is 0 Å². The first-order chi connectivity index (χ1) is 14.4. The molecule has 0 fully saturated rings. The van der Waals surface area contributed by atoms with Crippen molar-refractivity contribution in [2.24, 2.45) is 0 Å². The van der Waals surface area contributed by atoms with E-state index < -0.39 is 0 Å². The first-order valence-electron chi connectivity index (χ1n) is 9.82. The van der Waals surface area contributed by atoms with Gasteiger partial charge >= 0.3 is 0 Å². The predicted octanol–water partition coefficient (Wildman–Crippen LogP) is 5.23. The summed E-state index contributed by atoms with van der Waals surface area (Å²) in [5, 5.41) is 1.32. The number of fused-ring (bicyclic) bond motifs is 2. The monoisotopic (exact) mass is 477 g/mol. The molecule has 0 atom stereocenters. The number of rotatable bonds is 6. The maximum absolute atomic E-state index is 13.7. The Labute approximate surface area is 196 Å². The topological polar surface area (TPSA) is 53.7 Å². The third-order valence-corrected chi connectivity index (χ3v) is 6.59. The lowest BCUT2D eigenvalue weighted by molar-refractivity contribution is 0.0979. The van der Waals surface area contributed by atoms with Gasteiger partial charge in [-0.1, -0.05) is 35.1 Å². The number of anilines is 1. The van der Waals surface area contributed by atoms with Crippen LogP contribution in [0.2, 0.25) is 5.02 Å². The van der Waals surface area contributed by atoms with Crippen molar-refractivity contribution in [2.45, 2.75) is 20.3 Å². The molecule has 0 spiro atoms. The smallest absolute Gasteiger partial charge is 0.278 e. The van der Waals surface area contributed by atoms with Gasteiger partial charge in [-0.25, -0.2) is 9.97 Å². The maximum atomic E-state index is 13.7. The highest BCUT2D eigenvalue weighted by molar-refractivity contribution is 7.23. The van der Waals surface area contributed by atoms with E-state index in [1.807, 2.05) is 68.9 Å². The van der Waals surface area contributed by atoms with Gasteiger partial charge in [0.1, 0.15) is 11.3 Å². The van der Waals surface area contributed by atoms with E-state index >= 15 is 0 Å². The zero-order valence-electron chi connectivity index (χ0n) is 17.9. The summed E-state index contributed by atoms with van der Waals surface area (Å²) >= 11 is 7.88. The average molecular weight is 478 g/mol. The first kappa shape index (κ1) is 23.5. The molecular weight excluding hydrogens is 453 g/mol. The Kier molecular flexibility index (Phi) is 7.21. The molecule has 1 amide bonds. The third-order valence-electron chi connectivity index (χ3n) is 5.06. The molecule has 164 valence electrons. The van der Waals surface area contributed by atoms with Crippen molar-refractivity contribution in [1.29, 1.82) is 0 Å². The SMILES string of the molecule is Cc1nc2ccccn2c1C(=O)N(CCCN(C)C)c1nc2c(C)ccc(Cl)c2s1.Cl. The van der Waals surface area contributed by atoms with Crippen molar-refractivity contribution >= 4 is 62.2 Å². The van der Waals surface area contributed by atoms with Crippen LogP contribution in [0.25, 0.3) is 15.9 Å². The summed E-state index contributed by atoms with van der Waals surface area (Å²) in [5.41, 5.74) is 3.93. The van der Waals surface area contributed by atoms with E-state index in [0.717, 1.165) is 34.4 Å². The number of amides is 1. The lowest BCUT2D eigenvalue weighted by Gasteiger charge is -2.21. The fourth-order valence-electron chi connectivity index (χ4n) is 3.53. The molecule has 9 heteroatoms. The molecule has 1 aromatic carbocycles. The van der Waals surface area contributed by atoms with Crippen LogP contribution >= 0.6 is 35.3 Å². The van der Waals surface area contributed by atoms with Crippen molar-refractivity contribution in [1.82, 2.24) is 19.3 Å². The summed E-state index contributed by atoms with van der Waals surface area (Å²) in [7, 11) is 4.06. The number of hydrogen-bond acceptors (Lipinski definition) is 5. The molecule has 0 aliphatic rings. The molecule has 0 saturated carbocycles. The minimum atomic E-state index is -0.0993. The van der Waals surface area contributed by atoms with Crippen LogP contribution in [0.3, 0.4) is 0 Å². The number of hydrogen-bond donors (Lipinski definition) is 0. The maximum Gasteiger partial charge on any atom is 0.278 e. The Hall–Kier alpha value is -2.19. The van der Waals surface area contributed by atoms with Crippen LogP contribution in [-0.2, 0) is 0 Å². The molecule has 31 heavy (non-hydrogen) atoms. The van der Waals surface area contributed by atoms with Crippen LogP contribution in [0.5, 0.6) is 0 Å². The fourth-order valence-corrected chi connectivity index (χ4v) is 4.88. The second kappa shape index (κ2) is 9.53. The zero-order valence-corrected chi connectivity index (χ0v) is 20.3. The van der Waals surface area contributed by atoms with E-state index in [4.69, 9.17) is 16.6 Å². The van der Waals surface area contributed by atoms with Gasteiger partial charge in [0.05, 0.1) is 20.9 Å². The molecule has 0 saturated heterocycles. The largest absolute Gasteiger partial charge is 0.309 e. The number of halogens is 2. The summed E-state index contributed by atoms with van der Waals surface area (Å²) in [5.74, 6) is -0.0993. The number of nitrogens with zero attached hydrogens (tertiary/aromatic N) is 5. The molecule has 3 aromatic heterocycles. The number of imidazole rings is 1. The van der Waals surface area contributed by atoms with Crippen molar-refractivity contribution in [3.8, 4) is 0 Å². The molecule has 4 rings (SSSR count). The van der Waals surface area contributed by atoms with Gasteiger partial charge in [-0.05, 0) is 64.7 Å². The number of carbonyl (C=O) groups excluding carboxylic acids is 1. The highest BCUT2D eigenvalue weighted by Crippen LogP contribution is 2.36. The molecule has 0 aliphatic carbocycles. The van der Waals surface area contributed by atoms with Gasteiger partial charge in [-0.2, -0.15) is 0 Å². The van der Waals surface area contributed by atoms with Gasteiger partial charge in [0, 0.05) is 12.7 Å². The second-order valence-electron chi connectivity index (χ2n) is 7.63. The van der Waals surface area contributed by atoms with E-state index in [0.29, 0.717) is 28.1 Å². The molecule has 0 unspecified atom stereocenters. The number of aromatic nitrogens is 3. The number of carbonyl (C=O) groups is 1. The quantitative estimate of drug-likeness (QED) is 0.381. The molecule has 0 N–H and O–H groups in total. The van der Waals surface area contributed by atoms with E-state index in [1.54, 1.807) is 4.90 Å². The van der Waals surface area contributed by atoms with Gasteiger partial charge in [0.15, 0.2) is 5.13 Å². The number of benzene rings is 1. The molecule has 3 heterocycles. The highest BCUT2D eigenvalue weighted by Gasteiger charge is 2.26. The Balaban J connectivity index is 0.00000272. The van der Waals surface area contributed by atoms with E-state index in [2.05, 4.69) is 9.88 Å². The summed E-state index contributed by atoms with van der Waals surface area (Å²) in [4.78, 5) is 27.0. The molecule has 0 radical (unpaired) electrons. The predicted molar refractivity (Wildman–Crippen MR) is 131 cm³/mol. The van der Waals surface area contributed by atoms with E-state index in [1.165, 1.54) is 11.3 Å². The molecule has 6 nitrogen and oxygen atoms in total. The minimum absolute atomic E-state index is 0. The molecule has 0 aliphatic heterocycles. The van der Waals surface area contributed by atoms with Gasteiger partial charge in [0.25, 0.3) is 5.91 Å². The summed E-state index contributed by atoms with van der Waals surface area (Å²) in [6.45, 7) is 5.32. The van der Waals surface area contributed by atoms with Crippen LogP contribution in [0.4, 0.5) is 5.13 Å². The van der Waals surface area contributed by atoms with Gasteiger partial charge in [-0.3, -0.25) is 14.1 Å². The summed E-state index contributed by atoms with van der Waals surface area (Å²) < 4.78 is 2.76. The van der Waals surface area contributed by atoms with Crippen molar-refractivity contribution < 1.29 is 4.79 Å². The number of pyridine rings is 1. The lowest BCUT2D eigenvalue weighted by Crippen LogP contribution is -2.34. The minimum Gasteiger partial charge on any atom is -0.309 e. The van der Waals surface area contributed by atoms with Crippen molar-refractivity contribution in [2.75, 3.05) is 32.1 Å². The number of thiazole rings is 1. The average Bonchev–Trinajstić information content (AvgIpc) is 3.29. The fraction of sp³-hybridized carbons (Fsp3) is 0.318. The van der Waals surface area contributed by atoms with Crippen LogP contribution in [-0.4, -0.2) is 52.4 Å². The van der Waals surface area contributed by atoms with Crippen LogP contribution in [0.15, 0.2) is 36.5 Å². The summed E-state index contributed by atoms with van der Waals surface area (Å²) in [6.07, 6.45) is 2.71. The lowest BCUT2D eigenvalue weighted by atomic mass is 10.2. The van der Waals surface area contributed by atoms with Gasteiger partial charge in [-0.15, -0.1) is 12.4 Å². The normalized spacial score (nSPS) is 11.3. The zero-order chi connectivity index (χ0) is 21.4. The van der Waals surface area contributed by atoms with Gasteiger partial charge < -0.3 is 4.90 Å². The first-order valence-corrected chi connectivity index (χ1v) is 11.0. The second-order valence-corrected chi connectivity index (χ2v) is 9.01. The van der Waals surface area contributed by atoms with Crippen LogP contribution in [0, 0.1) is 13.8 Å². The van der Waals surface area contributed by atoms with Crippen molar-refractivity contribution in [3.05, 3.63) is 58.5 Å². The Bertz CT molecular complexity index is 1190. The van der Waals surface area contributed by atoms with Crippen LogP contribution < -0.4 is 4.90 Å². The van der Waals surface area contributed by atoms with Crippen LogP contribution in [0.1, 0.15) is 28.2 Å². The summed E-state index contributed by atoms with van der Waals surface area (Å²) in [6, 6.07) is 9.57. The molecule has 0 bridgehead atoms. The molecular formula is C22H25Cl2N5OS. The number of aryl methyl sites for hydroxylation is 2. The van der Waals surface area contributed by atoms with Crippen molar-refractivity contribution in [3.63, 3.8) is 0 Å². The van der Waals surface area contributed by atoms with E-state index in [9.17, 15) is 4.79 Å². The van der Waals surface area contributed by atoms with E-state index in [-0.39, 0.29) is 18.3 Å². The Morgan fingerprint density at radius 3 is 2.61 bits per heavy atom. The molecule has 4 aromatic rings. The standard InChI is InChI=1S/C22H24ClN5OS.ClH/c1-14-9-10-16(23)20-18(14)25-22(30-20)28(13-7-11-26(3)4)21(29)19-15(2)24-17-8-5-6-12-27(17)19;/h5-6,8-10,12H,7,11,13H2,1-4H3;1H. The highest BCUT2D eigenvalue weighted by atomic mass is 35.5. The Morgan fingerprint density at radius 1 is 1.13 bits per heavy atom. The third kappa shape index (κ3) is 4.55. The Morgan fingerprint density at radius 2 is 1.90 bits per heavy atom.